The molecule has 1 atom stereocenters. The van der Waals surface area contributed by atoms with Crippen molar-refractivity contribution in [1.82, 2.24) is 24.7 Å². The molecular formula is C13H15F3N6. The molecule has 0 radical (unpaired) electrons. The normalized spacial score (nSPS) is 16.2. The first kappa shape index (κ1) is 14.7. The smallest absolute Gasteiger partial charge is 0.344 e. The van der Waals surface area contributed by atoms with E-state index >= 15 is 0 Å². The number of nitrogens with one attached hydrogen (secondary N) is 1. The predicted molar refractivity (Wildman–Crippen MR) is 72.0 cm³/mol. The van der Waals surface area contributed by atoms with Crippen LogP contribution in [0.25, 0.3) is 0 Å². The van der Waals surface area contributed by atoms with Crippen molar-refractivity contribution in [2.24, 2.45) is 0 Å². The highest BCUT2D eigenvalue weighted by molar-refractivity contribution is 5.29. The topological polar surface area (TPSA) is 68.5 Å². The molecule has 9 heteroatoms. The molecule has 1 N–H and O–H groups in total. The van der Waals surface area contributed by atoms with Gasteiger partial charge in [0.15, 0.2) is 5.82 Å². The summed E-state index contributed by atoms with van der Waals surface area (Å²) in [4.78, 5) is 7.34. The Kier molecular flexibility index (Phi) is 3.71. The highest BCUT2D eigenvalue weighted by Gasteiger charge is 2.33. The molecule has 2 aromatic heterocycles. The van der Waals surface area contributed by atoms with Crippen LogP contribution in [0, 0.1) is 0 Å². The van der Waals surface area contributed by atoms with Crippen molar-refractivity contribution in [3.8, 4) is 0 Å². The molecule has 0 aromatic carbocycles. The van der Waals surface area contributed by atoms with E-state index in [0.29, 0.717) is 5.82 Å². The van der Waals surface area contributed by atoms with Crippen molar-refractivity contribution in [3.63, 3.8) is 0 Å². The van der Waals surface area contributed by atoms with Gasteiger partial charge >= 0.3 is 6.18 Å². The predicted octanol–water partition coefficient (Wildman–Crippen LogP) is 2.60. The second-order valence-electron chi connectivity index (χ2n) is 5.21. The first-order valence-corrected chi connectivity index (χ1v) is 7.04. The zero-order chi connectivity index (χ0) is 15.7. The van der Waals surface area contributed by atoms with E-state index in [4.69, 9.17) is 0 Å². The Morgan fingerprint density at radius 3 is 2.86 bits per heavy atom. The number of aryl methyl sites for hydroxylation is 1. The van der Waals surface area contributed by atoms with Gasteiger partial charge < -0.3 is 9.88 Å². The lowest BCUT2D eigenvalue weighted by molar-refractivity contribution is -0.141. The van der Waals surface area contributed by atoms with E-state index in [9.17, 15) is 13.2 Å². The van der Waals surface area contributed by atoms with Gasteiger partial charge in [-0.15, -0.1) is 10.2 Å². The van der Waals surface area contributed by atoms with Gasteiger partial charge in [0.1, 0.15) is 11.5 Å². The lowest BCUT2D eigenvalue weighted by Crippen LogP contribution is -2.19. The van der Waals surface area contributed by atoms with Crippen molar-refractivity contribution >= 4 is 5.95 Å². The van der Waals surface area contributed by atoms with Gasteiger partial charge in [-0.3, -0.25) is 0 Å². The average molecular weight is 312 g/mol. The number of hydrogen-bond donors (Lipinski definition) is 1. The van der Waals surface area contributed by atoms with Gasteiger partial charge in [0.05, 0.1) is 6.04 Å². The van der Waals surface area contributed by atoms with E-state index in [0.717, 1.165) is 43.9 Å². The van der Waals surface area contributed by atoms with E-state index in [1.165, 1.54) is 0 Å². The van der Waals surface area contributed by atoms with E-state index in [2.05, 4.69) is 25.5 Å². The Bertz CT molecular complexity index is 666. The molecule has 1 aliphatic rings. The minimum atomic E-state index is -4.49. The monoisotopic (exact) mass is 312 g/mol. The molecule has 6 nitrogen and oxygen atoms in total. The van der Waals surface area contributed by atoms with Crippen LogP contribution >= 0.6 is 0 Å². The summed E-state index contributed by atoms with van der Waals surface area (Å²) in [5.74, 6) is 1.53. The molecule has 1 unspecified atom stereocenters. The van der Waals surface area contributed by atoms with E-state index in [1.807, 2.05) is 4.57 Å². The van der Waals surface area contributed by atoms with Crippen molar-refractivity contribution < 1.29 is 13.2 Å². The summed E-state index contributed by atoms with van der Waals surface area (Å²) >= 11 is 0. The Balaban J connectivity index is 1.80. The SMILES string of the molecule is CC(Nc1nccc(C(F)(F)F)n1)c1nnc2n1CCCC2. The van der Waals surface area contributed by atoms with Gasteiger partial charge in [0, 0.05) is 19.2 Å². The van der Waals surface area contributed by atoms with Crippen LogP contribution in [0.4, 0.5) is 19.1 Å². The molecule has 0 amide bonds. The summed E-state index contributed by atoms with van der Waals surface area (Å²) in [6.07, 6.45) is -0.401. The molecule has 118 valence electrons. The zero-order valence-electron chi connectivity index (χ0n) is 11.9. The Hall–Kier alpha value is -2.19. The third-order valence-electron chi connectivity index (χ3n) is 3.57. The largest absolute Gasteiger partial charge is 0.433 e. The van der Waals surface area contributed by atoms with Crippen LogP contribution < -0.4 is 5.32 Å². The van der Waals surface area contributed by atoms with E-state index in [-0.39, 0.29) is 12.0 Å². The number of anilines is 1. The number of hydrogen-bond acceptors (Lipinski definition) is 5. The molecule has 0 fully saturated rings. The summed E-state index contributed by atoms with van der Waals surface area (Å²) in [6, 6.07) is 0.511. The number of alkyl halides is 3. The number of halogens is 3. The Morgan fingerprint density at radius 1 is 1.27 bits per heavy atom. The standard InChI is InChI=1S/C13H15F3N6/c1-8(11-21-20-10-4-2-3-7-22(10)11)18-12-17-6-5-9(19-12)13(14,15)16/h5-6,8H,2-4,7H2,1H3,(H,17,18,19). The fourth-order valence-electron chi connectivity index (χ4n) is 2.50. The fraction of sp³-hybridized carbons (Fsp3) is 0.538. The van der Waals surface area contributed by atoms with Crippen LogP contribution in [-0.4, -0.2) is 24.7 Å². The molecule has 0 saturated heterocycles. The van der Waals surface area contributed by atoms with Crippen LogP contribution in [0.1, 0.15) is 43.1 Å². The minimum absolute atomic E-state index is 0.0736. The molecule has 3 rings (SSSR count). The lowest BCUT2D eigenvalue weighted by atomic mass is 10.1. The Morgan fingerprint density at radius 2 is 2.09 bits per heavy atom. The highest BCUT2D eigenvalue weighted by atomic mass is 19.4. The fourth-order valence-corrected chi connectivity index (χ4v) is 2.50. The van der Waals surface area contributed by atoms with Crippen LogP contribution in [0.5, 0.6) is 0 Å². The number of fused-ring (bicyclic) bond motifs is 1. The molecule has 2 aromatic rings. The Labute approximate surface area is 124 Å². The summed E-state index contributed by atoms with van der Waals surface area (Å²) in [5, 5.41) is 11.1. The van der Waals surface area contributed by atoms with Gasteiger partial charge in [-0.1, -0.05) is 0 Å². The second kappa shape index (κ2) is 5.54. The summed E-state index contributed by atoms with van der Waals surface area (Å²) < 4.78 is 40.0. The van der Waals surface area contributed by atoms with Crippen molar-refractivity contribution in [3.05, 3.63) is 29.6 Å². The lowest BCUT2D eigenvalue weighted by Gasteiger charge is -2.19. The van der Waals surface area contributed by atoms with Crippen molar-refractivity contribution in [2.45, 2.75) is 44.9 Å². The molecule has 0 bridgehead atoms. The molecule has 0 spiro atoms. The second-order valence-corrected chi connectivity index (χ2v) is 5.21. The quantitative estimate of drug-likeness (QED) is 0.943. The zero-order valence-corrected chi connectivity index (χ0v) is 11.9. The van der Waals surface area contributed by atoms with Gasteiger partial charge in [-0.25, -0.2) is 9.97 Å². The third-order valence-corrected chi connectivity index (χ3v) is 3.57. The van der Waals surface area contributed by atoms with Crippen molar-refractivity contribution in [2.75, 3.05) is 5.32 Å². The van der Waals surface area contributed by atoms with Crippen molar-refractivity contribution in [1.29, 1.82) is 0 Å². The average Bonchev–Trinajstić information content (AvgIpc) is 2.90. The van der Waals surface area contributed by atoms with Crippen LogP contribution in [-0.2, 0) is 19.1 Å². The molecular weight excluding hydrogens is 297 g/mol. The maximum absolute atomic E-state index is 12.7. The summed E-state index contributed by atoms with van der Waals surface area (Å²) in [7, 11) is 0. The van der Waals surface area contributed by atoms with Gasteiger partial charge in [0.25, 0.3) is 0 Å². The number of rotatable bonds is 3. The third kappa shape index (κ3) is 2.88. The summed E-state index contributed by atoms with van der Waals surface area (Å²) in [5.41, 5.74) is -0.972. The maximum Gasteiger partial charge on any atom is 0.433 e. The first-order valence-electron chi connectivity index (χ1n) is 7.04. The van der Waals surface area contributed by atoms with Gasteiger partial charge in [-0.05, 0) is 25.8 Å². The molecule has 22 heavy (non-hydrogen) atoms. The van der Waals surface area contributed by atoms with Gasteiger partial charge in [0.2, 0.25) is 5.95 Å². The van der Waals surface area contributed by atoms with Crippen LogP contribution in [0.15, 0.2) is 12.3 Å². The van der Waals surface area contributed by atoms with E-state index in [1.54, 1.807) is 6.92 Å². The van der Waals surface area contributed by atoms with Gasteiger partial charge in [-0.2, -0.15) is 13.2 Å². The van der Waals surface area contributed by atoms with Crippen LogP contribution in [0.3, 0.4) is 0 Å². The molecule has 0 aliphatic carbocycles. The van der Waals surface area contributed by atoms with Crippen LogP contribution in [0.2, 0.25) is 0 Å². The minimum Gasteiger partial charge on any atom is -0.344 e. The molecule has 0 saturated carbocycles. The molecule has 3 heterocycles. The number of nitrogens with zero attached hydrogens (tertiary/aromatic N) is 5. The first-order chi connectivity index (χ1) is 10.4. The highest BCUT2D eigenvalue weighted by Crippen LogP contribution is 2.28. The maximum atomic E-state index is 12.7. The number of aromatic nitrogens is 5. The summed E-state index contributed by atoms with van der Waals surface area (Å²) in [6.45, 7) is 2.63. The van der Waals surface area contributed by atoms with E-state index < -0.39 is 11.9 Å². The molecule has 1 aliphatic heterocycles.